The highest BCUT2D eigenvalue weighted by Gasteiger charge is 2.46. The molecule has 1 aliphatic carbocycles. The number of hydrogen-bond donors (Lipinski definition) is 2. The summed E-state index contributed by atoms with van der Waals surface area (Å²) in [4.78, 5) is 53.1. The van der Waals surface area contributed by atoms with E-state index in [9.17, 15) is 19.2 Å². The first kappa shape index (κ1) is 18.4. The number of likely N-dealkylation sites (tertiary alicyclic amines) is 1. The van der Waals surface area contributed by atoms with E-state index >= 15 is 0 Å². The average Bonchev–Trinajstić information content (AvgIpc) is 3.31. The lowest BCUT2D eigenvalue weighted by Gasteiger charge is -2.28. The van der Waals surface area contributed by atoms with Crippen LogP contribution < -0.4 is 11.1 Å². The highest BCUT2D eigenvalue weighted by Crippen LogP contribution is 2.38. The molecule has 0 bridgehead atoms. The number of hydrogen-bond acceptors (Lipinski definition) is 6. The molecule has 0 spiro atoms. The van der Waals surface area contributed by atoms with Crippen molar-refractivity contribution in [3.63, 3.8) is 0 Å². The van der Waals surface area contributed by atoms with E-state index in [0.29, 0.717) is 29.5 Å². The molecule has 0 aromatic heterocycles. The maximum Gasteiger partial charge on any atom is 0.262 e. The second-order valence-corrected chi connectivity index (χ2v) is 8.65. The zero-order valence-electron chi connectivity index (χ0n) is 16.1. The van der Waals surface area contributed by atoms with Crippen LogP contribution in [0.15, 0.2) is 18.2 Å². The zero-order chi connectivity index (χ0) is 20.3. The summed E-state index contributed by atoms with van der Waals surface area (Å²) in [5.41, 5.74) is 7.78. The van der Waals surface area contributed by atoms with Crippen LogP contribution in [0.4, 0.5) is 0 Å². The quantitative estimate of drug-likeness (QED) is 0.709. The van der Waals surface area contributed by atoms with E-state index in [2.05, 4.69) is 10.2 Å². The lowest BCUT2D eigenvalue weighted by atomic mass is 9.98. The van der Waals surface area contributed by atoms with Gasteiger partial charge in [-0.1, -0.05) is 12.1 Å². The summed E-state index contributed by atoms with van der Waals surface area (Å²) < 4.78 is 0. The Morgan fingerprint density at radius 3 is 2.62 bits per heavy atom. The van der Waals surface area contributed by atoms with Crippen LogP contribution in [-0.4, -0.2) is 58.6 Å². The van der Waals surface area contributed by atoms with Crippen molar-refractivity contribution in [1.29, 1.82) is 0 Å². The van der Waals surface area contributed by atoms with Gasteiger partial charge in [0.15, 0.2) is 0 Å². The van der Waals surface area contributed by atoms with Crippen molar-refractivity contribution >= 4 is 23.6 Å². The van der Waals surface area contributed by atoms with E-state index in [1.54, 1.807) is 12.1 Å². The number of amides is 4. The van der Waals surface area contributed by atoms with Crippen molar-refractivity contribution in [3.05, 3.63) is 34.9 Å². The second kappa shape index (κ2) is 6.74. The molecule has 4 amide bonds. The van der Waals surface area contributed by atoms with E-state index in [1.165, 1.54) is 0 Å². The molecule has 1 aromatic rings. The van der Waals surface area contributed by atoms with Crippen LogP contribution in [0.1, 0.15) is 52.0 Å². The van der Waals surface area contributed by atoms with E-state index < -0.39 is 23.8 Å². The summed E-state index contributed by atoms with van der Waals surface area (Å²) in [7, 11) is 0. The molecule has 5 rings (SSSR count). The van der Waals surface area contributed by atoms with E-state index in [0.717, 1.165) is 36.4 Å². The average molecular weight is 396 g/mol. The predicted octanol–water partition coefficient (Wildman–Crippen LogP) is 0.257. The van der Waals surface area contributed by atoms with Gasteiger partial charge in [0.05, 0.1) is 11.1 Å². The molecule has 3 heterocycles. The fraction of sp³-hybridized carbons (Fsp3) is 0.524. The van der Waals surface area contributed by atoms with Gasteiger partial charge in [0.2, 0.25) is 11.8 Å². The van der Waals surface area contributed by atoms with Gasteiger partial charge in [0.1, 0.15) is 6.04 Å². The smallest absolute Gasteiger partial charge is 0.262 e. The molecule has 4 atom stereocenters. The maximum absolute atomic E-state index is 13.2. The van der Waals surface area contributed by atoms with Crippen LogP contribution in [0.3, 0.4) is 0 Å². The van der Waals surface area contributed by atoms with Gasteiger partial charge < -0.3 is 5.73 Å². The van der Waals surface area contributed by atoms with Crippen molar-refractivity contribution in [2.45, 2.75) is 44.3 Å². The first-order valence-electron chi connectivity index (χ1n) is 10.3. The van der Waals surface area contributed by atoms with Crippen molar-refractivity contribution in [3.8, 4) is 0 Å². The molecule has 29 heavy (non-hydrogen) atoms. The van der Waals surface area contributed by atoms with Crippen LogP contribution in [-0.2, 0) is 16.1 Å². The molecule has 3 N–H and O–H groups in total. The Balaban J connectivity index is 1.39. The topological polar surface area (TPSA) is 113 Å². The molecule has 0 radical (unpaired) electrons. The number of piperidine rings is 1. The molecule has 1 aromatic carbocycles. The van der Waals surface area contributed by atoms with Crippen molar-refractivity contribution in [2.75, 3.05) is 13.1 Å². The minimum Gasteiger partial charge on any atom is -0.327 e. The largest absolute Gasteiger partial charge is 0.327 e. The van der Waals surface area contributed by atoms with Gasteiger partial charge in [-0.05, 0) is 42.7 Å². The third kappa shape index (κ3) is 2.89. The standard InChI is InChI=1S/C21H24N4O4/c22-15-5-4-11-8-24(10-14(11)15)9-12-2-1-3-13-18(12)21(29)25(20(13)28)16-6-7-17(26)23-19(16)27/h1-3,11,14-16H,4-10,22H2,(H,23,26,27). The van der Waals surface area contributed by atoms with Gasteiger partial charge in [-0.2, -0.15) is 0 Å². The number of nitrogens with zero attached hydrogens (tertiary/aromatic N) is 2. The highest BCUT2D eigenvalue weighted by molar-refractivity contribution is 6.24. The van der Waals surface area contributed by atoms with Crippen LogP contribution >= 0.6 is 0 Å². The number of fused-ring (bicyclic) bond motifs is 2. The maximum atomic E-state index is 13.2. The minimum absolute atomic E-state index is 0.119. The van der Waals surface area contributed by atoms with Gasteiger partial charge in [0, 0.05) is 32.1 Å². The SMILES string of the molecule is NC1CCC2CN(Cc3cccc4c3C(=O)N(C3CCC(=O)NC3=O)C4=O)CC12. The van der Waals surface area contributed by atoms with Gasteiger partial charge >= 0.3 is 0 Å². The molecule has 3 aliphatic heterocycles. The molecular formula is C21H24N4O4. The lowest BCUT2D eigenvalue weighted by molar-refractivity contribution is -0.136. The van der Waals surface area contributed by atoms with Crippen LogP contribution in [0.2, 0.25) is 0 Å². The van der Waals surface area contributed by atoms with Gasteiger partial charge in [-0.25, -0.2) is 0 Å². The van der Waals surface area contributed by atoms with Crippen molar-refractivity contribution < 1.29 is 19.2 Å². The molecule has 3 fully saturated rings. The monoisotopic (exact) mass is 396 g/mol. The van der Waals surface area contributed by atoms with E-state index in [4.69, 9.17) is 5.73 Å². The predicted molar refractivity (Wildman–Crippen MR) is 103 cm³/mol. The van der Waals surface area contributed by atoms with Crippen molar-refractivity contribution in [1.82, 2.24) is 15.1 Å². The molecule has 4 aliphatic rings. The van der Waals surface area contributed by atoms with E-state index in [1.807, 2.05) is 6.07 Å². The summed E-state index contributed by atoms with van der Waals surface area (Å²) in [5.74, 6) is -0.740. The fourth-order valence-corrected chi connectivity index (χ4v) is 5.49. The molecule has 2 saturated heterocycles. The summed E-state index contributed by atoms with van der Waals surface area (Å²) in [6.45, 7) is 2.46. The third-order valence-corrected chi connectivity index (χ3v) is 6.94. The number of carbonyl (C=O) groups is 4. The Hall–Kier alpha value is -2.58. The van der Waals surface area contributed by atoms with Gasteiger partial charge in [0.25, 0.3) is 11.8 Å². The zero-order valence-corrected chi connectivity index (χ0v) is 16.1. The number of benzene rings is 1. The molecule has 152 valence electrons. The molecule has 8 nitrogen and oxygen atoms in total. The van der Waals surface area contributed by atoms with Crippen LogP contribution in [0.25, 0.3) is 0 Å². The number of rotatable bonds is 3. The Morgan fingerprint density at radius 1 is 1.03 bits per heavy atom. The third-order valence-electron chi connectivity index (χ3n) is 6.94. The Labute approximate surface area is 168 Å². The molecule has 1 saturated carbocycles. The number of imide groups is 2. The number of nitrogens with one attached hydrogen (secondary N) is 1. The summed E-state index contributed by atoms with van der Waals surface area (Å²) in [6, 6.07) is 4.62. The van der Waals surface area contributed by atoms with E-state index in [-0.39, 0.29) is 24.8 Å². The minimum atomic E-state index is -0.933. The van der Waals surface area contributed by atoms with Crippen LogP contribution in [0, 0.1) is 11.8 Å². The number of carbonyl (C=O) groups excluding carboxylic acids is 4. The Morgan fingerprint density at radius 2 is 1.86 bits per heavy atom. The summed E-state index contributed by atoms with van der Waals surface area (Å²) in [5, 5.41) is 2.23. The highest BCUT2D eigenvalue weighted by atomic mass is 16.2. The van der Waals surface area contributed by atoms with Crippen molar-refractivity contribution in [2.24, 2.45) is 17.6 Å². The second-order valence-electron chi connectivity index (χ2n) is 8.65. The fourth-order valence-electron chi connectivity index (χ4n) is 5.49. The molecular weight excluding hydrogens is 372 g/mol. The first-order chi connectivity index (χ1) is 13.9. The van der Waals surface area contributed by atoms with Gasteiger partial charge in [-0.15, -0.1) is 0 Å². The molecule has 4 unspecified atom stereocenters. The summed E-state index contributed by atoms with van der Waals surface area (Å²) in [6.07, 6.45) is 2.51. The first-order valence-corrected chi connectivity index (χ1v) is 10.3. The number of nitrogens with two attached hydrogens (primary N) is 1. The Kier molecular flexibility index (Phi) is 4.29. The Bertz CT molecular complexity index is 929. The molecule has 8 heteroatoms. The lowest BCUT2D eigenvalue weighted by Crippen LogP contribution is -2.54. The van der Waals surface area contributed by atoms with Crippen LogP contribution in [0.5, 0.6) is 0 Å². The normalized spacial score (nSPS) is 32.0. The van der Waals surface area contributed by atoms with Gasteiger partial charge in [-0.3, -0.25) is 34.3 Å². The summed E-state index contributed by atoms with van der Waals surface area (Å²) >= 11 is 0.